The summed E-state index contributed by atoms with van der Waals surface area (Å²) in [5, 5.41) is 0. The molecule has 6 nitrogen and oxygen atoms in total. The van der Waals surface area contributed by atoms with Gasteiger partial charge in [0.25, 0.3) is 0 Å². The fourth-order valence-corrected chi connectivity index (χ4v) is 5.38. The number of piperidine rings is 1. The Balaban J connectivity index is 1.21. The van der Waals surface area contributed by atoms with Crippen molar-refractivity contribution in [2.75, 3.05) is 26.2 Å². The largest absolute Gasteiger partial charge is 0.491 e. The average molecular weight is 431 g/mol. The van der Waals surface area contributed by atoms with Crippen molar-refractivity contribution in [3.63, 3.8) is 0 Å². The summed E-state index contributed by atoms with van der Waals surface area (Å²) in [5.41, 5.74) is 5.35. The summed E-state index contributed by atoms with van der Waals surface area (Å²) in [4.78, 5) is 25.1. The molecule has 3 aromatic rings. The minimum absolute atomic E-state index is 0.162. The topological polar surface area (TPSA) is 61.5 Å². The van der Waals surface area contributed by atoms with E-state index in [1.807, 2.05) is 17.9 Å². The minimum Gasteiger partial charge on any atom is -0.491 e. The van der Waals surface area contributed by atoms with Crippen molar-refractivity contribution in [1.82, 2.24) is 19.8 Å². The standard InChI is InChI=1S/C26H30N4O2/c1-17-27-23-6-4-21(15-24(23)28-17)20-5-7-25-22(14-20)16-30(12-13-32-25)26(31)29-10-8-19(9-11-29)18-2-3-18/h4-7,14-15,18-19H,2-3,8-13,16H2,1H3,(H,27,28). The van der Waals surface area contributed by atoms with Crippen molar-refractivity contribution in [1.29, 1.82) is 0 Å². The first-order valence-corrected chi connectivity index (χ1v) is 11.9. The number of rotatable bonds is 2. The number of likely N-dealkylation sites (tertiary alicyclic amines) is 1. The summed E-state index contributed by atoms with van der Waals surface area (Å²) in [7, 11) is 0. The van der Waals surface area contributed by atoms with E-state index in [1.165, 1.54) is 12.8 Å². The van der Waals surface area contributed by atoms with Crippen molar-refractivity contribution >= 4 is 17.1 Å². The third kappa shape index (κ3) is 3.72. The van der Waals surface area contributed by atoms with Gasteiger partial charge in [0.1, 0.15) is 18.2 Å². The first-order valence-electron chi connectivity index (χ1n) is 11.9. The molecule has 2 fully saturated rings. The Morgan fingerprint density at radius 2 is 1.72 bits per heavy atom. The van der Waals surface area contributed by atoms with Gasteiger partial charge >= 0.3 is 6.03 Å². The van der Waals surface area contributed by atoms with Crippen LogP contribution in [-0.4, -0.2) is 52.0 Å². The zero-order valence-corrected chi connectivity index (χ0v) is 18.6. The van der Waals surface area contributed by atoms with Gasteiger partial charge in [0.2, 0.25) is 0 Å². The molecule has 2 aliphatic heterocycles. The number of imidazole rings is 1. The van der Waals surface area contributed by atoms with E-state index in [0.29, 0.717) is 19.7 Å². The molecule has 3 aliphatic rings. The smallest absolute Gasteiger partial charge is 0.320 e. The van der Waals surface area contributed by atoms with Crippen LogP contribution in [0.3, 0.4) is 0 Å². The van der Waals surface area contributed by atoms with Gasteiger partial charge in [0.15, 0.2) is 0 Å². The highest BCUT2D eigenvalue weighted by atomic mass is 16.5. The number of carbonyl (C=O) groups is 1. The lowest BCUT2D eigenvalue weighted by molar-refractivity contribution is 0.123. The number of urea groups is 1. The Morgan fingerprint density at radius 3 is 2.53 bits per heavy atom. The van der Waals surface area contributed by atoms with Crippen molar-refractivity contribution < 1.29 is 9.53 Å². The summed E-state index contributed by atoms with van der Waals surface area (Å²) in [5.74, 6) is 3.58. The van der Waals surface area contributed by atoms with Crippen LogP contribution in [-0.2, 0) is 6.54 Å². The minimum atomic E-state index is 0.162. The van der Waals surface area contributed by atoms with E-state index in [2.05, 4.69) is 45.2 Å². The second kappa shape index (κ2) is 7.84. The zero-order valence-electron chi connectivity index (χ0n) is 18.6. The summed E-state index contributed by atoms with van der Waals surface area (Å²) < 4.78 is 6.01. The van der Waals surface area contributed by atoms with Crippen LogP contribution >= 0.6 is 0 Å². The van der Waals surface area contributed by atoms with Crippen molar-refractivity contribution in [3.05, 3.63) is 47.8 Å². The van der Waals surface area contributed by atoms with Gasteiger partial charge in [-0.25, -0.2) is 9.78 Å². The van der Waals surface area contributed by atoms with Gasteiger partial charge in [-0.05, 0) is 79.8 Å². The molecule has 1 N–H and O–H groups in total. The number of aryl methyl sites for hydroxylation is 1. The molecule has 1 saturated heterocycles. The molecule has 2 amide bonds. The zero-order chi connectivity index (χ0) is 21.7. The molecule has 166 valence electrons. The highest BCUT2D eigenvalue weighted by Crippen LogP contribution is 2.42. The second-order valence-electron chi connectivity index (χ2n) is 9.59. The molecule has 32 heavy (non-hydrogen) atoms. The van der Waals surface area contributed by atoms with Gasteiger partial charge in [-0.15, -0.1) is 0 Å². The van der Waals surface area contributed by atoms with Crippen LogP contribution in [0.15, 0.2) is 36.4 Å². The van der Waals surface area contributed by atoms with E-state index in [1.54, 1.807) is 0 Å². The second-order valence-corrected chi connectivity index (χ2v) is 9.59. The number of benzene rings is 2. The molecule has 1 aliphatic carbocycles. The molecular formula is C26H30N4O2. The first-order chi connectivity index (χ1) is 15.6. The highest BCUT2D eigenvalue weighted by molar-refractivity contribution is 5.82. The monoisotopic (exact) mass is 430 g/mol. The average Bonchev–Trinajstić information content (AvgIpc) is 3.61. The lowest BCUT2D eigenvalue weighted by Crippen LogP contribution is -2.47. The van der Waals surface area contributed by atoms with E-state index in [4.69, 9.17) is 4.74 Å². The van der Waals surface area contributed by atoms with Gasteiger partial charge in [0.05, 0.1) is 24.1 Å². The number of carbonyl (C=O) groups excluding carboxylic acids is 1. The molecule has 6 rings (SSSR count). The third-order valence-corrected chi connectivity index (χ3v) is 7.34. The molecule has 3 heterocycles. The number of hydrogen-bond acceptors (Lipinski definition) is 3. The fraction of sp³-hybridized carbons (Fsp3) is 0.462. The van der Waals surface area contributed by atoms with Crippen LogP contribution in [0.1, 0.15) is 37.1 Å². The van der Waals surface area contributed by atoms with Crippen LogP contribution in [0.4, 0.5) is 4.79 Å². The summed E-state index contributed by atoms with van der Waals surface area (Å²) >= 11 is 0. The molecular weight excluding hydrogens is 400 g/mol. The predicted octanol–water partition coefficient (Wildman–Crippen LogP) is 4.97. The van der Waals surface area contributed by atoms with Gasteiger partial charge in [-0.1, -0.05) is 12.1 Å². The number of amides is 2. The quantitative estimate of drug-likeness (QED) is 0.624. The number of H-pyrrole nitrogens is 1. The molecule has 1 saturated carbocycles. The van der Waals surface area contributed by atoms with Crippen LogP contribution < -0.4 is 4.74 Å². The van der Waals surface area contributed by atoms with E-state index >= 15 is 0 Å². The summed E-state index contributed by atoms with van der Waals surface area (Å²) in [6.45, 7) is 5.53. The predicted molar refractivity (Wildman–Crippen MR) is 125 cm³/mol. The molecule has 0 unspecified atom stereocenters. The molecule has 2 aromatic carbocycles. The number of nitrogens with one attached hydrogen (secondary N) is 1. The lowest BCUT2D eigenvalue weighted by atomic mass is 9.92. The summed E-state index contributed by atoms with van der Waals surface area (Å²) in [6.07, 6.45) is 5.12. The number of nitrogens with zero attached hydrogens (tertiary/aromatic N) is 3. The Bertz CT molecular complexity index is 1160. The van der Waals surface area contributed by atoms with E-state index < -0.39 is 0 Å². The molecule has 0 spiro atoms. The van der Waals surface area contributed by atoms with E-state index in [0.717, 1.165) is 77.1 Å². The molecule has 0 bridgehead atoms. The van der Waals surface area contributed by atoms with Crippen molar-refractivity contribution in [2.45, 2.75) is 39.2 Å². The van der Waals surface area contributed by atoms with Crippen LogP contribution in [0.2, 0.25) is 0 Å². The lowest BCUT2D eigenvalue weighted by Gasteiger charge is -2.35. The molecule has 6 heteroatoms. The van der Waals surface area contributed by atoms with Gasteiger partial charge in [0, 0.05) is 18.7 Å². The molecule has 0 radical (unpaired) electrons. The van der Waals surface area contributed by atoms with E-state index in [9.17, 15) is 4.79 Å². The maximum Gasteiger partial charge on any atom is 0.320 e. The van der Waals surface area contributed by atoms with Crippen LogP contribution in [0, 0.1) is 18.8 Å². The number of ether oxygens (including phenoxy) is 1. The van der Waals surface area contributed by atoms with Gasteiger partial charge in [-0.2, -0.15) is 0 Å². The molecule has 0 atom stereocenters. The Hall–Kier alpha value is -3.02. The van der Waals surface area contributed by atoms with Gasteiger partial charge < -0.3 is 19.5 Å². The SMILES string of the molecule is Cc1nc2ccc(-c3ccc4c(c3)CN(C(=O)N3CCC(C5CC5)CC3)CCO4)cc2[nH]1. The van der Waals surface area contributed by atoms with Crippen LogP contribution in [0.25, 0.3) is 22.2 Å². The number of aromatic nitrogens is 2. The normalized spacial score (nSPS) is 19.5. The maximum absolute atomic E-state index is 13.3. The number of hydrogen-bond donors (Lipinski definition) is 1. The number of fused-ring (bicyclic) bond motifs is 2. The fourth-order valence-electron chi connectivity index (χ4n) is 5.38. The Kier molecular flexibility index (Phi) is 4.81. The summed E-state index contributed by atoms with van der Waals surface area (Å²) in [6, 6.07) is 12.8. The third-order valence-electron chi connectivity index (χ3n) is 7.34. The highest BCUT2D eigenvalue weighted by Gasteiger charge is 2.35. The van der Waals surface area contributed by atoms with Crippen LogP contribution in [0.5, 0.6) is 5.75 Å². The Labute approximate surface area is 188 Å². The first kappa shape index (κ1) is 19.6. The van der Waals surface area contributed by atoms with Crippen molar-refractivity contribution in [2.24, 2.45) is 11.8 Å². The number of aromatic amines is 1. The molecule has 1 aromatic heterocycles. The van der Waals surface area contributed by atoms with Gasteiger partial charge in [-0.3, -0.25) is 0 Å². The Morgan fingerprint density at radius 1 is 0.969 bits per heavy atom. The van der Waals surface area contributed by atoms with E-state index in [-0.39, 0.29) is 6.03 Å². The van der Waals surface area contributed by atoms with Crippen molar-refractivity contribution in [3.8, 4) is 16.9 Å². The maximum atomic E-state index is 13.3.